The van der Waals surface area contributed by atoms with E-state index in [1.54, 1.807) is 13.2 Å². The van der Waals surface area contributed by atoms with Gasteiger partial charge in [0.25, 0.3) is 0 Å². The summed E-state index contributed by atoms with van der Waals surface area (Å²) in [5, 5.41) is 0. The van der Waals surface area contributed by atoms with E-state index in [0.29, 0.717) is 17.9 Å². The predicted octanol–water partition coefficient (Wildman–Crippen LogP) is 1.57. The zero-order valence-electron chi connectivity index (χ0n) is 8.49. The normalized spacial score (nSPS) is 12.2. The number of benzene rings is 1. The van der Waals surface area contributed by atoms with Crippen molar-refractivity contribution in [1.29, 1.82) is 0 Å². The second kappa shape index (κ2) is 4.77. The Kier molecular flexibility index (Phi) is 3.65. The average Bonchev–Trinajstić information content (AvgIpc) is 2.26. The lowest BCUT2D eigenvalue weighted by atomic mass is 9.99. The Morgan fingerprint density at radius 2 is 2.29 bits per heavy atom. The molecule has 0 heterocycles. The van der Waals surface area contributed by atoms with E-state index in [9.17, 15) is 4.79 Å². The van der Waals surface area contributed by atoms with Crippen LogP contribution in [0.5, 0.6) is 5.75 Å². The van der Waals surface area contributed by atoms with Crippen molar-refractivity contribution < 1.29 is 9.53 Å². The SMILES string of the molecule is COc1cc(C(C)CN)ccc1C=O. The summed E-state index contributed by atoms with van der Waals surface area (Å²) < 4.78 is 5.10. The molecule has 0 bridgehead atoms. The molecule has 1 aromatic carbocycles. The molecule has 0 radical (unpaired) electrons. The third-order valence-corrected chi connectivity index (χ3v) is 2.31. The van der Waals surface area contributed by atoms with Crippen molar-refractivity contribution in [3.05, 3.63) is 29.3 Å². The monoisotopic (exact) mass is 193 g/mol. The Bertz CT molecular complexity index is 323. The van der Waals surface area contributed by atoms with Gasteiger partial charge < -0.3 is 10.5 Å². The fraction of sp³-hybridized carbons (Fsp3) is 0.364. The van der Waals surface area contributed by atoms with Crippen LogP contribution in [0.25, 0.3) is 0 Å². The summed E-state index contributed by atoms with van der Waals surface area (Å²) in [6.07, 6.45) is 0.787. The van der Waals surface area contributed by atoms with Gasteiger partial charge in [0.2, 0.25) is 0 Å². The van der Waals surface area contributed by atoms with Crippen LogP contribution < -0.4 is 10.5 Å². The van der Waals surface area contributed by atoms with Gasteiger partial charge in [0.15, 0.2) is 6.29 Å². The first kappa shape index (κ1) is 10.7. The van der Waals surface area contributed by atoms with E-state index in [2.05, 4.69) is 0 Å². The first-order chi connectivity index (χ1) is 6.72. The van der Waals surface area contributed by atoms with Crippen LogP contribution >= 0.6 is 0 Å². The molecule has 2 N–H and O–H groups in total. The Balaban J connectivity index is 3.07. The standard InChI is InChI=1S/C11H15NO2/c1-8(6-12)9-3-4-10(7-13)11(5-9)14-2/h3-5,7-8H,6,12H2,1-2H3. The first-order valence-corrected chi connectivity index (χ1v) is 4.56. The molecule has 0 saturated carbocycles. The summed E-state index contributed by atoms with van der Waals surface area (Å²) in [4.78, 5) is 10.6. The molecular formula is C11H15NO2. The highest BCUT2D eigenvalue weighted by Crippen LogP contribution is 2.23. The van der Waals surface area contributed by atoms with Gasteiger partial charge in [0, 0.05) is 0 Å². The van der Waals surface area contributed by atoms with Crippen LogP contribution in [0.1, 0.15) is 28.8 Å². The van der Waals surface area contributed by atoms with Gasteiger partial charge in [0.05, 0.1) is 12.7 Å². The van der Waals surface area contributed by atoms with E-state index in [1.807, 2.05) is 19.1 Å². The van der Waals surface area contributed by atoms with Crippen molar-refractivity contribution in [2.45, 2.75) is 12.8 Å². The predicted molar refractivity (Wildman–Crippen MR) is 55.9 cm³/mol. The maximum atomic E-state index is 10.6. The second-order valence-corrected chi connectivity index (χ2v) is 3.26. The first-order valence-electron chi connectivity index (χ1n) is 4.56. The molecule has 1 aromatic rings. The van der Waals surface area contributed by atoms with Gasteiger partial charge in [-0.1, -0.05) is 13.0 Å². The van der Waals surface area contributed by atoms with Crippen LogP contribution in [0.15, 0.2) is 18.2 Å². The highest BCUT2D eigenvalue weighted by molar-refractivity contribution is 5.79. The quantitative estimate of drug-likeness (QED) is 0.738. The topological polar surface area (TPSA) is 52.3 Å². The van der Waals surface area contributed by atoms with E-state index in [0.717, 1.165) is 11.8 Å². The van der Waals surface area contributed by atoms with Crippen LogP contribution in [0.2, 0.25) is 0 Å². The lowest BCUT2D eigenvalue weighted by molar-refractivity contribution is 0.112. The van der Waals surface area contributed by atoms with E-state index in [1.165, 1.54) is 0 Å². The number of hydrogen-bond acceptors (Lipinski definition) is 3. The van der Waals surface area contributed by atoms with Gasteiger partial charge in [-0.2, -0.15) is 0 Å². The fourth-order valence-electron chi connectivity index (χ4n) is 1.27. The van der Waals surface area contributed by atoms with Crippen LogP contribution in [-0.4, -0.2) is 19.9 Å². The van der Waals surface area contributed by atoms with E-state index < -0.39 is 0 Å². The number of methoxy groups -OCH3 is 1. The van der Waals surface area contributed by atoms with E-state index >= 15 is 0 Å². The summed E-state index contributed by atoms with van der Waals surface area (Å²) in [5.74, 6) is 0.891. The molecule has 0 aliphatic carbocycles. The number of ether oxygens (including phenoxy) is 1. The van der Waals surface area contributed by atoms with Crippen LogP contribution in [0.3, 0.4) is 0 Å². The zero-order chi connectivity index (χ0) is 10.6. The van der Waals surface area contributed by atoms with Crippen LogP contribution in [0.4, 0.5) is 0 Å². The Hall–Kier alpha value is -1.35. The minimum Gasteiger partial charge on any atom is -0.496 e. The van der Waals surface area contributed by atoms with Crippen molar-refractivity contribution in [3.63, 3.8) is 0 Å². The van der Waals surface area contributed by atoms with Gasteiger partial charge in [0.1, 0.15) is 5.75 Å². The number of carbonyl (C=O) groups excluding carboxylic acids is 1. The smallest absolute Gasteiger partial charge is 0.153 e. The summed E-state index contributed by atoms with van der Waals surface area (Å²) in [6, 6.07) is 5.53. The minimum absolute atomic E-state index is 0.282. The molecule has 0 amide bonds. The molecular weight excluding hydrogens is 178 g/mol. The molecule has 3 nitrogen and oxygen atoms in total. The van der Waals surface area contributed by atoms with Gasteiger partial charge in [-0.05, 0) is 30.2 Å². The molecule has 76 valence electrons. The summed E-state index contributed by atoms with van der Waals surface area (Å²) in [5.41, 5.74) is 7.22. The molecule has 0 saturated heterocycles. The lowest BCUT2D eigenvalue weighted by Crippen LogP contribution is -2.09. The number of hydrogen-bond donors (Lipinski definition) is 1. The van der Waals surface area contributed by atoms with Crippen LogP contribution in [0, 0.1) is 0 Å². The molecule has 14 heavy (non-hydrogen) atoms. The maximum Gasteiger partial charge on any atom is 0.153 e. The number of carbonyl (C=O) groups is 1. The zero-order valence-corrected chi connectivity index (χ0v) is 8.49. The highest BCUT2D eigenvalue weighted by atomic mass is 16.5. The number of rotatable bonds is 4. The summed E-state index contributed by atoms with van der Waals surface area (Å²) in [7, 11) is 1.55. The van der Waals surface area contributed by atoms with E-state index in [4.69, 9.17) is 10.5 Å². The molecule has 0 aliphatic rings. The minimum atomic E-state index is 0.282. The number of aldehydes is 1. The maximum absolute atomic E-state index is 10.6. The largest absolute Gasteiger partial charge is 0.496 e. The molecule has 1 unspecified atom stereocenters. The third kappa shape index (κ3) is 2.12. The van der Waals surface area contributed by atoms with Crippen molar-refractivity contribution in [1.82, 2.24) is 0 Å². The second-order valence-electron chi connectivity index (χ2n) is 3.26. The van der Waals surface area contributed by atoms with E-state index in [-0.39, 0.29) is 5.92 Å². The third-order valence-electron chi connectivity index (χ3n) is 2.31. The average molecular weight is 193 g/mol. The van der Waals surface area contributed by atoms with Gasteiger partial charge >= 0.3 is 0 Å². The molecule has 0 aromatic heterocycles. The Morgan fingerprint density at radius 1 is 1.57 bits per heavy atom. The Labute approximate surface area is 83.9 Å². The summed E-state index contributed by atoms with van der Waals surface area (Å²) in [6.45, 7) is 2.62. The molecule has 3 heteroatoms. The highest BCUT2D eigenvalue weighted by Gasteiger charge is 2.07. The van der Waals surface area contributed by atoms with Gasteiger partial charge in [-0.15, -0.1) is 0 Å². The molecule has 0 aliphatic heterocycles. The fourth-order valence-corrected chi connectivity index (χ4v) is 1.27. The van der Waals surface area contributed by atoms with Crippen molar-refractivity contribution in [2.75, 3.05) is 13.7 Å². The molecule has 1 atom stereocenters. The van der Waals surface area contributed by atoms with Gasteiger partial charge in [-0.25, -0.2) is 0 Å². The summed E-state index contributed by atoms with van der Waals surface area (Å²) >= 11 is 0. The lowest BCUT2D eigenvalue weighted by Gasteiger charge is -2.11. The molecule has 1 rings (SSSR count). The molecule has 0 spiro atoms. The number of nitrogens with two attached hydrogens (primary N) is 1. The van der Waals surface area contributed by atoms with Crippen molar-refractivity contribution >= 4 is 6.29 Å². The van der Waals surface area contributed by atoms with Crippen molar-refractivity contribution in [2.24, 2.45) is 5.73 Å². The van der Waals surface area contributed by atoms with Crippen LogP contribution in [-0.2, 0) is 0 Å². The van der Waals surface area contributed by atoms with Gasteiger partial charge in [-0.3, -0.25) is 4.79 Å². The molecule has 0 fully saturated rings. The Morgan fingerprint density at radius 3 is 2.79 bits per heavy atom. The van der Waals surface area contributed by atoms with Crippen molar-refractivity contribution in [3.8, 4) is 5.75 Å².